The Morgan fingerprint density at radius 1 is 1.19 bits per heavy atom. The number of aromatic nitrogens is 6. The van der Waals surface area contributed by atoms with Gasteiger partial charge in [-0.2, -0.15) is 0 Å². The minimum atomic E-state index is -0.293. The standard InChI is InChI=1S/C17H21N7OS2/c1-4-12(15(25)19-16-22-20-13(5-2)27-16)26-17-23-21-14(24(17)6-3)11-7-9-18-10-8-11/h7-10,12H,4-6H2,1-3H3,(H,19,22,25)/t12-/m0/s1. The van der Waals surface area contributed by atoms with E-state index in [-0.39, 0.29) is 11.2 Å². The molecule has 0 bridgehead atoms. The van der Waals surface area contributed by atoms with Crippen LogP contribution in [0.5, 0.6) is 0 Å². The van der Waals surface area contributed by atoms with Gasteiger partial charge in [0, 0.05) is 24.5 Å². The summed E-state index contributed by atoms with van der Waals surface area (Å²) in [4.78, 5) is 16.7. The Hall–Kier alpha value is -2.33. The molecule has 1 N–H and O–H groups in total. The lowest BCUT2D eigenvalue weighted by molar-refractivity contribution is -0.115. The molecular formula is C17H21N7OS2. The van der Waals surface area contributed by atoms with E-state index < -0.39 is 0 Å². The molecule has 0 aliphatic heterocycles. The number of nitrogens with one attached hydrogen (secondary N) is 1. The number of hydrogen-bond acceptors (Lipinski definition) is 8. The second-order valence-corrected chi connectivity index (χ2v) is 7.88. The van der Waals surface area contributed by atoms with E-state index in [9.17, 15) is 4.79 Å². The van der Waals surface area contributed by atoms with Crippen LogP contribution in [0.25, 0.3) is 11.4 Å². The number of amides is 1. The minimum absolute atomic E-state index is 0.0996. The normalized spacial score (nSPS) is 12.1. The van der Waals surface area contributed by atoms with Gasteiger partial charge >= 0.3 is 0 Å². The molecule has 0 aliphatic carbocycles. The Morgan fingerprint density at radius 2 is 1.96 bits per heavy atom. The highest BCUT2D eigenvalue weighted by Crippen LogP contribution is 2.29. The van der Waals surface area contributed by atoms with Gasteiger partial charge in [-0.05, 0) is 31.9 Å². The molecule has 0 aromatic carbocycles. The molecular weight excluding hydrogens is 382 g/mol. The van der Waals surface area contributed by atoms with Crippen LogP contribution in [-0.2, 0) is 17.8 Å². The van der Waals surface area contributed by atoms with Crippen molar-refractivity contribution >= 4 is 34.1 Å². The first-order valence-corrected chi connectivity index (χ1v) is 10.5. The number of thioether (sulfide) groups is 1. The monoisotopic (exact) mass is 403 g/mol. The number of aryl methyl sites for hydroxylation is 1. The molecule has 3 aromatic rings. The molecule has 1 amide bonds. The molecule has 0 fully saturated rings. The quantitative estimate of drug-likeness (QED) is 0.576. The van der Waals surface area contributed by atoms with Crippen molar-refractivity contribution in [3.05, 3.63) is 29.5 Å². The average Bonchev–Trinajstić information content (AvgIpc) is 3.32. The highest BCUT2D eigenvalue weighted by atomic mass is 32.2. The summed E-state index contributed by atoms with van der Waals surface area (Å²) >= 11 is 2.82. The predicted molar refractivity (Wildman–Crippen MR) is 107 cm³/mol. The van der Waals surface area contributed by atoms with E-state index in [0.29, 0.717) is 18.1 Å². The fourth-order valence-electron chi connectivity index (χ4n) is 2.46. The van der Waals surface area contributed by atoms with Crippen LogP contribution in [0.2, 0.25) is 0 Å². The molecule has 0 saturated carbocycles. The van der Waals surface area contributed by atoms with Crippen LogP contribution >= 0.6 is 23.1 Å². The van der Waals surface area contributed by atoms with Crippen LogP contribution in [0.15, 0.2) is 29.7 Å². The molecule has 10 heteroatoms. The Morgan fingerprint density at radius 3 is 2.59 bits per heavy atom. The zero-order valence-corrected chi connectivity index (χ0v) is 17.0. The number of nitrogens with zero attached hydrogens (tertiary/aromatic N) is 6. The van der Waals surface area contributed by atoms with Crippen molar-refractivity contribution < 1.29 is 4.79 Å². The fraction of sp³-hybridized carbons (Fsp3) is 0.412. The van der Waals surface area contributed by atoms with Gasteiger partial charge in [0.1, 0.15) is 5.01 Å². The second-order valence-electron chi connectivity index (χ2n) is 5.64. The molecule has 1 atom stereocenters. The van der Waals surface area contributed by atoms with Crippen molar-refractivity contribution in [2.45, 2.75) is 50.6 Å². The van der Waals surface area contributed by atoms with Gasteiger partial charge in [0.2, 0.25) is 11.0 Å². The van der Waals surface area contributed by atoms with E-state index in [2.05, 4.69) is 30.7 Å². The summed E-state index contributed by atoms with van der Waals surface area (Å²) in [5.41, 5.74) is 0.949. The number of carbonyl (C=O) groups excluding carboxylic acids is 1. The van der Waals surface area contributed by atoms with Gasteiger partial charge in [-0.1, -0.05) is 36.9 Å². The molecule has 142 valence electrons. The van der Waals surface area contributed by atoms with Gasteiger partial charge in [0.05, 0.1) is 5.25 Å². The van der Waals surface area contributed by atoms with E-state index in [1.807, 2.05) is 37.5 Å². The van der Waals surface area contributed by atoms with Gasteiger partial charge in [-0.25, -0.2) is 0 Å². The number of carbonyl (C=O) groups is 1. The molecule has 0 aliphatic rings. The summed E-state index contributed by atoms with van der Waals surface area (Å²) in [6.45, 7) is 6.73. The lowest BCUT2D eigenvalue weighted by atomic mass is 10.2. The van der Waals surface area contributed by atoms with Crippen LogP contribution in [0, 0.1) is 0 Å². The Balaban J connectivity index is 1.76. The van der Waals surface area contributed by atoms with Crippen molar-refractivity contribution in [1.29, 1.82) is 0 Å². The summed E-state index contributed by atoms with van der Waals surface area (Å²) < 4.78 is 2.01. The third-order valence-corrected chi connectivity index (χ3v) is 6.21. The lowest BCUT2D eigenvalue weighted by Gasteiger charge is -2.13. The van der Waals surface area contributed by atoms with Crippen molar-refractivity contribution in [1.82, 2.24) is 29.9 Å². The summed E-state index contributed by atoms with van der Waals surface area (Å²) in [5, 5.41) is 21.4. The molecule has 3 heterocycles. The van der Waals surface area contributed by atoms with Crippen LogP contribution < -0.4 is 5.32 Å². The first-order chi connectivity index (χ1) is 13.2. The third kappa shape index (κ3) is 4.51. The number of pyridine rings is 1. The maximum Gasteiger partial charge on any atom is 0.239 e. The van der Waals surface area contributed by atoms with Gasteiger partial charge < -0.3 is 4.57 Å². The van der Waals surface area contributed by atoms with E-state index in [4.69, 9.17) is 0 Å². The highest BCUT2D eigenvalue weighted by molar-refractivity contribution is 8.00. The summed E-state index contributed by atoms with van der Waals surface area (Å²) in [7, 11) is 0. The smallest absolute Gasteiger partial charge is 0.239 e. The largest absolute Gasteiger partial charge is 0.302 e. The molecule has 0 saturated heterocycles. The SMILES string of the molecule is CCc1nnc(NC(=O)[C@H](CC)Sc2nnc(-c3ccncc3)n2CC)s1. The predicted octanol–water partition coefficient (Wildman–Crippen LogP) is 3.28. The topological polar surface area (TPSA) is 98.5 Å². The number of hydrogen-bond donors (Lipinski definition) is 1. The number of anilines is 1. The van der Waals surface area contributed by atoms with Crippen molar-refractivity contribution in [3.8, 4) is 11.4 Å². The molecule has 0 radical (unpaired) electrons. The zero-order chi connectivity index (χ0) is 19.2. The van der Waals surface area contributed by atoms with Crippen LogP contribution in [-0.4, -0.2) is 41.1 Å². The molecule has 8 nitrogen and oxygen atoms in total. The Kier molecular flexibility index (Phi) is 6.51. The minimum Gasteiger partial charge on any atom is -0.302 e. The summed E-state index contributed by atoms with van der Waals surface area (Å²) in [6, 6.07) is 3.80. The van der Waals surface area contributed by atoms with Crippen molar-refractivity contribution in [2.24, 2.45) is 0 Å². The second kappa shape index (κ2) is 9.05. The molecule has 3 aromatic heterocycles. The van der Waals surface area contributed by atoms with Gasteiger partial charge in [-0.15, -0.1) is 20.4 Å². The first kappa shape index (κ1) is 19.4. The van der Waals surface area contributed by atoms with E-state index in [0.717, 1.165) is 28.0 Å². The van der Waals surface area contributed by atoms with Crippen LogP contribution in [0.4, 0.5) is 5.13 Å². The average molecular weight is 404 g/mol. The van der Waals surface area contributed by atoms with E-state index in [1.54, 1.807) is 12.4 Å². The van der Waals surface area contributed by atoms with E-state index in [1.165, 1.54) is 23.1 Å². The van der Waals surface area contributed by atoms with Crippen molar-refractivity contribution in [3.63, 3.8) is 0 Å². The summed E-state index contributed by atoms with van der Waals surface area (Å²) in [5.74, 6) is 0.673. The molecule has 3 rings (SSSR count). The number of rotatable bonds is 8. The van der Waals surface area contributed by atoms with Crippen LogP contribution in [0.1, 0.15) is 32.2 Å². The van der Waals surface area contributed by atoms with E-state index >= 15 is 0 Å². The summed E-state index contributed by atoms with van der Waals surface area (Å²) in [6.07, 6.45) is 4.92. The lowest BCUT2D eigenvalue weighted by Crippen LogP contribution is -2.25. The molecule has 0 spiro atoms. The third-order valence-electron chi connectivity index (χ3n) is 3.88. The van der Waals surface area contributed by atoms with Gasteiger partial charge in [-0.3, -0.25) is 15.1 Å². The molecule has 27 heavy (non-hydrogen) atoms. The first-order valence-electron chi connectivity index (χ1n) is 8.79. The Labute approximate surface area is 165 Å². The van der Waals surface area contributed by atoms with Crippen LogP contribution in [0.3, 0.4) is 0 Å². The molecule has 0 unspecified atom stereocenters. The fourth-order valence-corrected chi connectivity index (χ4v) is 4.16. The van der Waals surface area contributed by atoms with Gasteiger partial charge in [0.25, 0.3) is 0 Å². The highest BCUT2D eigenvalue weighted by Gasteiger charge is 2.23. The zero-order valence-electron chi connectivity index (χ0n) is 15.4. The maximum absolute atomic E-state index is 12.7. The van der Waals surface area contributed by atoms with Gasteiger partial charge in [0.15, 0.2) is 11.0 Å². The Bertz CT molecular complexity index is 894. The van der Waals surface area contributed by atoms with Crippen molar-refractivity contribution in [2.75, 3.05) is 5.32 Å². The maximum atomic E-state index is 12.7.